The Balaban J connectivity index is 2.05. The summed E-state index contributed by atoms with van der Waals surface area (Å²) in [6.45, 7) is 7.08. The van der Waals surface area contributed by atoms with Gasteiger partial charge in [0.05, 0.1) is 5.75 Å². The Kier molecular flexibility index (Phi) is 6.44. The molecule has 0 aromatic heterocycles. The van der Waals surface area contributed by atoms with Crippen LogP contribution in [0.3, 0.4) is 0 Å². The summed E-state index contributed by atoms with van der Waals surface area (Å²) < 4.78 is 21.9. The van der Waals surface area contributed by atoms with Gasteiger partial charge in [0.1, 0.15) is 9.84 Å². The van der Waals surface area contributed by atoms with E-state index >= 15 is 0 Å². The van der Waals surface area contributed by atoms with E-state index < -0.39 is 9.84 Å². The minimum Gasteiger partial charge on any atom is -0.314 e. The fourth-order valence-corrected chi connectivity index (χ4v) is 2.41. The van der Waals surface area contributed by atoms with E-state index in [0.717, 1.165) is 25.6 Å². The maximum absolute atomic E-state index is 10.9. The molecule has 4 nitrogen and oxygen atoms in total. The molecule has 0 atom stereocenters. The van der Waals surface area contributed by atoms with Crippen molar-refractivity contribution in [1.82, 2.24) is 10.2 Å². The first-order valence-corrected chi connectivity index (χ1v) is 8.68. The van der Waals surface area contributed by atoms with E-state index in [1.165, 1.54) is 32.1 Å². The van der Waals surface area contributed by atoms with E-state index in [1.54, 1.807) is 0 Å². The third-order valence-corrected chi connectivity index (χ3v) is 3.95. The highest BCUT2D eigenvalue weighted by Gasteiger charge is 2.23. The van der Waals surface area contributed by atoms with Crippen LogP contribution in [0.15, 0.2) is 0 Å². The van der Waals surface area contributed by atoms with Crippen molar-refractivity contribution in [1.29, 1.82) is 0 Å². The van der Waals surface area contributed by atoms with Gasteiger partial charge in [0, 0.05) is 32.4 Å². The van der Waals surface area contributed by atoms with Crippen molar-refractivity contribution in [3.05, 3.63) is 0 Å². The van der Waals surface area contributed by atoms with Crippen LogP contribution in [-0.2, 0) is 9.84 Å². The van der Waals surface area contributed by atoms with Gasteiger partial charge < -0.3 is 10.2 Å². The summed E-state index contributed by atoms with van der Waals surface area (Å²) in [6.07, 6.45) is 5.25. The first kappa shape index (κ1) is 14.9. The molecule has 1 aliphatic carbocycles. The molecular weight excluding hydrogens is 236 g/mol. The van der Waals surface area contributed by atoms with Crippen LogP contribution in [-0.4, -0.2) is 58.1 Å². The van der Waals surface area contributed by atoms with Crippen molar-refractivity contribution in [3.63, 3.8) is 0 Å². The first-order valence-electron chi connectivity index (χ1n) is 6.62. The van der Waals surface area contributed by atoms with Crippen molar-refractivity contribution in [2.45, 2.75) is 26.2 Å². The lowest BCUT2D eigenvalue weighted by atomic mass is 10.3. The van der Waals surface area contributed by atoms with Crippen molar-refractivity contribution < 1.29 is 8.42 Å². The Bertz CT molecular complexity index is 300. The molecule has 0 aliphatic heterocycles. The molecule has 0 bridgehead atoms. The van der Waals surface area contributed by atoms with Gasteiger partial charge in [-0.25, -0.2) is 8.42 Å². The normalized spacial score (nSPS) is 16.6. The van der Waals surface area contributed by atoms with E-state index in [4.69, 9.17) is 0 Å². The number of nitrogens with zero attached hydrogens (tertiary/aromatic N) is 1. The number of hydrogen-bond acceptors (Lipinski definition) is 4. The summed E-state index contributed by atoms with van der Waals surface area (Å²) in [4.78, 5) is 2.49. The van der Waals surface area contributed by atoms with Gasteiger partial charge in [-0.1, -0.05) is 6.92 Å². The molecular formula is C12H26N2O2S. The van der Waals surface area contributed by atoms with Gasteiger partial charge in [0.25, 0.3) is 0 Å². The van der Waals surface area contributed by atoms with Gasteiger partial charge in [0.15, 0.2) is 0 Å². The second-order valence-electron chi connectivity index (χ2n) is 5.12. The monoisotopic (exact) mass is 262 g/mol. The van der Waals surface area contributed by atoms with Crippen molar-refractivity contribution >= 4 is 9.84 Å². The summed E-state index contributed by atoms with van der Waals surface area (Å²) in [5, 5.41) is 3.20. The topological polar surface area (TPSA) is 49.4 Å². The second-order valence-corrected chi connectivity index (χ2v) is 7.38. The predicted molar refractivity (Wildman–Crippen MR) is 72.0 cm³/mol. The lowest BCUT2D eigenvalue weighted by Gasteiger charge is -2.21. The fraction of sp³-hybridized carbons (Fsp3) is 1.00. The molecule has 0 aromatic rings. The third-order valence-electron chi connectivity index (χ3n) is 3.01. The molecule has 1 fully saturated rings. The van der Waals surface area contributed by atoms with Crippen LogP contribution in [0.1, 0.15) is 26.2 Å². The van der Waals surface area contributed by atoms with Crippen LogP contribution < -0.4 is 5.32 Å². The zero-order valence-corrected chi connectivity index (χ0v) is 11.9. The smallest absolute Gasteiger partial charge is 0.148 e. The third kappa shape index (κ3) is 8.57. The Morgan fingerprint density at radius 3 is 2.47 bits per heavy atom. The summed E-state index contributed by atoms with van der Waals surface area (Å²) in [5.41, 5.74) is 0. The van der Waals surface area contributed by atoms with E-state index in [1.807, 2.05) is 0 Å². The van der Waals surface area contributed by atoms with E-state index in [0.29, 0.717) is 6.54 Å². The largest absolute Gasteiger partial charge is 0.314 e. The predicted octanol–water partition coefficient (Wildman–Crippen LogP) is 0.743. The minimum absolute atomic E-state index is 0.239. The summed E-state index contributed by atoms with van der Waals surface area (Å²) in [5.74, 6) is 1.17. The molecule has 0 spiro atoms. The molecule has 17 heavy (non-hydrogen) atoms. The van der Waals surface area contributed by atoms with E-state index in [9.17, 15) is 8.42 Å². The van der Waals surface area contributed by atoms with Gasteiger partial charge in [-0.05, 0) is 31.7 Å². The average Bonchev–Trinajstić information content (AvgIpc) is 2.99. The molecule has 1 saturated carbocycles. The van der Waals surface area contributed by atoms with Gasteiger partial charge in [0.2, 0.25) is 0 Å². The Morgan fingerprint density at radius 2 is 1.94 bits per heavy atom. The first-order chi connectivity index (χ1) is 8.01. The van der Waals surface area contributed by atoms with Crippen LogP contribution in [0.4, 0.5) is 0 Å². The Hall–Kier alpha value is -0.130. The zero-order valence-electron chi connectivity index (χ0n) is 11.1. The minimum atomic E-state index is -2.82. The molecule has 1 rings (SSSR count). The highest BCUT2D eigenvalue weighted by atomic mass is 32.2. The molecule has 0 saturated heterocycles. The van der Waals surface area contributed by atoms with E-state index in [2.05, 4.69) is 17.1 Å². The SMILES string of the molecule is CCCN(CCNCCS(C)(=O)=O)CC1CC1. The molecule has 5 heteroatoms. The highest BCUT2D eigenvalue weighted by molar-refractivity contribution is 7.90. The molecule has 102 valence electrons. The standard InChI is InChI=1S/C12H26N2O2S/c1-3-8-14(11-12-4-5-12)9-6-13-7-10-17(2,15)16/h12-13H,3-11H2,1-2H3. The average molecular weight is 262 g/mol. The van der Waals surface area contributed by atoms with Crippen LogP contribution in [0.25, 0.3) is 0 Å². The molecule has 0 aromatic carbocycles. The molecule has 1 aliphatic rings. The van der Waals surface area contributed by atoms with E-state index in [-0.39, 0.29) is 5.75 Å². The highest BCUT2D eigenvalue weighted by Crippen LogP contribution is 2.29. The van der Waals surface area contributed by atoms with Gasteiger partial charge in [-0.2, -0.15) is 0 Å². The molecule has 0 unspecified atom stereocenters. The summed E-state index contributed by atoms with van der Waals surface area (Å²) in [7, 11) is -2.82. The van der Waals surface area contributed by atoms with Crippen LogP contribution in [0.2, 0.25) is 0 Å². The molecule has 1 N–H and O–H groups in total. The maximum atomic E-state index is 10.9. The number of hydrogen-bond donors (Lipinski definition) is 1. The van der Waals surface area contributed by atoms with Crippen molar-refractivity contribution in [3.8, 4) is 0 Å². The lowest BCUT2D eigenvalue weighted by molar-refractivity contribution is 0.263. The number of rotatable bonds is 10. The molecule has 0 heterocycles. The van der Waals surface area contributed by atoms with Crippen molar-refractivity contribution in [2.75, 3.05) is 44.7 Å². The van der Waals surface area contributed by atoms with Gasteiger partial charge in [-0.3, -0.25) is 0 Å². The number of nitrogens with one attached hydrogen (secondary N) is 1. The Morgan fingerprint density at radius 1 is 1.24 bits per heavy atom. The van der Waals surface area contributed by atoms with Crippen LogP contribution >= 0.6 is 0 Å². The second kappa shape index (κ2) is 7.34. The molecule has 0 radical (unpaired) electrons. The van der Waals surface area contributed by atoms with Gasteiger partial charge in [-0.15, -0.1) is 0 Å². The van der Waals surface area contributed by atoms with Crippen LogP contribution in [0, 0.1) is 5.92 Å². The van der Waals surface area contributed by atoms with Crippen LogP contribution in [0.5, 0.6) is 0 Å². The number of sulfone groups is 1. The fourth-order valence-electron chi connectivity index (χ4n) is 1.90. The van der Waals surface area contributed by atoms with Gasteiger partial charge >= 0.3 is 0 Å². The molecule has 0 amide bonds. The van der Waals surface area contributed by atoms with Crippen molar-refractivity contribution in [2.24, 2.45) is 5.92 Å². The Labute approximate surface area is 106 Å². The summed E-state index contributed by atoms with van der Waals surface area (Å²) >= 11 is 0. The maximum Gasteiger partial charge on any atom is 0.148 e. The lowest BCUT2D eigenvalue weighted by Crippen LogP contribution is -2.35. The zero-order chi connectivity index (χ0) is 12.7. The summed E-state index contributed by atoms with van der Waals surface area (Å²) in [6, 6.07) is 0. The quantitative estimate of drug-likeness (QED) is 0.590.